The minimum Gasteiger partial charge on any atom is -0.477 e. The highest BCUT2D eigenvalue weighted by Crippen LogP contribution is 2.29. The molecule has 3 amide bonds. The number of carbonyl (C=O) groups is 3. The summed E-state index contributed by atoms with van der Waals surface area (Å²) >= 11 is 0. The van der Waals surface area contributed by atoms with Crippen molar-refractivity contribution in [2.45, 2.75) is 25.4 Å². The molecule has 0 aromatic carbocycles. The van der Waals surface area contributed by atoms with Gasteiger partial charge in [-0.1, -0.05) is 6.08 Å². The molecule has 2 bridgehead atoms. The van der Waals surface area contributed by atoms with E-state index in [4.69, 9.17) is 10.8 Å². The van der Waals surface area contributed by atoms with Crippen LogP contribution in [0, 0.1) is 0 Å². The van der Waals surface area contributed by atoms with Crippen LogP contribution < -0.4 is 5.73 Å². The summed E-state index contributed by atoms with van der Waals surface area (Å²) in [5.41, 5.74) is 5.73. The molecule has 19 heavy (non-hydrogen) atoms. The summed E-state index contributed by atoms with van der Waals surface area (Å²) in [5, 5.41) is 9.04. The van der Waals surface area contributed by atoms with Gasteiger partial charge in [0.2, 0.25) is 5.91 Å². The van der Waals surface area contributed by atoms with E-state index in [2.05, 4.69) is 4.84 Å². The summed E-state index contributed by atoms with van der Waals surface area (Å²) in [4.78, 5) is 39.2. The first-order valence-electron chi connectivity index (χ1n) is 5.44. The number of hydrogen-bond donors (Lipinski definition) is 2. The van der Waals surface area contributed by atoms with Gasteiger partial charge in [0.25, 0.3) is 0 Å². The number of aliphatic carboxylic acids is 1. The maximum atomic E-state index is 13.0. The topological polar surface area (TPSA) is 113 Å². The number of hydrogen-bond acceptors (Lipinski definition) is 4. The van der Waals surface area contributed by atoms with Crippen molar-refractivity contribution in [2.75, 3.05) is 6.54 Å². The molecule has 2 heterocycles. The Morgan fingerprint density at radius 1 is 1.63 bits per heavy atom. The molecule has 0 saturated carbocycles. The maximum absolute atomic E-state index is 13.0. The number of amides is 3. The fourth-order valence-electron chi connectivity index (χ4n) is 2.24. The summed E-state index contributed by atoms with van der Waals surface area (Å²) in [7, 11) is 0. The van der Waals surface area contributed by atoms with Gasteiger partial charge >= 0.3 is 18.4 Å². The first-order valence-corrected chi connectivity index (χ1v) is 5.44. The Kier molecular flexibility index (Phi) is 3.14. The first kappa shape index (κ1) is 13.3. The van der Waals surface area contributed by atoms with Crippen LogP contribution in [-0.4, -0.2) is 58.0 Å². The van der Waals surface area contributed by atoms with Crippen molar-refractivity contribution in [1.29, 1.82) is 0 Å². The van der Waals surface area contributed by atoms with Gasteiger partial charge in [0.1, 0.15) is 6.04 Å². The van der Waals surface area contributed by atoms with Crippen LogP contribution in [0.15, 0.2) is 11.6 Å². The number of carbonyl (C=O) groups excluding carboxylic acids is 2. The number of carboxylic acid groups (broad SMARTS) is 1. The Morgan fingerprint density at radius 2 is 2.26 bits per heavy atom. The molecular weight excluding hydrogens is 261 g/mol. The molecule has 1 fully saturated rings. The molecule has 0 aliphatic carbocycles. The van der Waals surface area contributed by atoms with Crippen LogP contribution in [0.2, 0.25) is 0 Å². The van der Waals surface area contributed by atoms with Crippen LogP contribution in [0.1, 0.15) is 6.92 Å². The minimum absolute atomic E-state index is 0.0934. The summed E-state index contributed by atoms with van der Waals surface area (Å²) in [6.45, 7) is 1.70. The third kappa shape index (κ3) is 2.12. The smallest absolute Gasteiger partial charge is 0.368 e. The van der Waals surface area contributed by atoms with E-state index < -0.39 is 36.3 Å². The molecule has 0 aromatic rings. The molecular formula is C10H12FN3O5. The third-order valence-corrected chi connectivity index (χ3v) is 2.99. The van der Waals surface area contributed by atoms with Crippen molar-refractivity contribution in [1.82, 2.24) is 9.96 Å². The van der Waals surface area contributed by atoms with Crippen molar-refractivity contribution in [3.63, 3.8) is 0 Å². The van der Waals surface area contributed by atoms with Gasteiger partial charge in [-0.25, -0.2) is 18.8 Å². The second-order valence-electron chi connectivity index (χ2n) is 4.30. The number of fused-ring (bicyclic) bond motifs is 2. The average molecular weight is 273 g/mol. The fourth-order valence-corrected chi connectivity index (χ4v) is 2.24. The number of halogens is 1. The van der Waals surface area contributed by atoms with E-state index in [0.29, 0.717) is 10.6 Å². The standard InChI is InChI=1S/C10H12FN3O5/c1-4-2-5-3-13(6(4)8(12)15)10(18)14(5)19-7(11)9(16)17/h2,5-7H,3H2,1H3,(H2,12,15)(H,16,17)/t5-,6?,7?/m1/s1. The Morgan fingerprint density at radius 3 is 2.79 bits per heavy atom. The Bertz CT molecular complexity index is 480. The van der Waals surface area contributed by atoms with Crippen LogP contribution >= 0.6 is 0 Å². The van der Waals surface area contributed by atoms with Gasteiger partial charge in [-0.05, 0) is 12.5 Å². The van der Waals surface area contributed by atoms with Crippen molar-refractivity contribution < 1.29 is 28.7 Å². The highest BCUT2D eigenvalue weighted by atomic mass is 19.1. The van der Waals surface area contributed by atoms with Gasteiger partial charge in [0, 0.05) is 0 Å². The first-order chi connectivity index (χ1) is 8.82. The second-order valence-corrected chi connectivity index (χ2v) is 4.30. The van der Waals surface area contributed by atoms with Crippen LogP contribution in [-0.2, 0) is 14.4 Å². The van der Waals surface area contributed by atoms with Crippen molar-refractivity contribution in [3.8, 4) is 0 Å². The maximum Gasteiger partial charge on any atom is 0.368 e. The van der Waals surface area contributed by atoms with E-state index in [1.54, 1.807) is 6.92 Å². The van der Waals surface area contributed by atoms with Gasteiger partial charge in [0.05, 0.1) is 12.6 Å². The molecule has 0 spiro atoms. The van der Waals surface area contributed by atoms with Crippen LogP contribution in [0.25, 0.3) is 0 Å². The number of primary amides is 1. The molecule has 0 radical (unpaired) electrons. The molecule has 8 nitrogen and oxygen atoms in total. The molecule has 2 aliphatic rings. The number of urea groups is 1. The summed E-state index contributed by atoms with van der Waals surface area (Å²) in [6.07, 6.45) is -1.11. The predicted octanol–water partition coefficient (Wildman–Crippen LogP) is -0.782. The number of hydroxylamine groups is 2. The minimum atomic E-state index is -2.65. The van der Waals surface area contributed by atoms with Crippen molar-refractivity contribution in [3.05, 3.63) is 11.6 Å². The Labute approximate surface area is 107 Å². The van der Waals surface area contributed by atoms with E-state index in [9.17, 15) is 18.8 Å². The molecule has 1 saturated heterocycles. The number of nitrogens with two attached hydrogens (primary N) is 1. The molecule has 9 heteroatoms. The van der Waals surface area contributed by atoms with Crippen LogP contribution in [0.5, 0.6) is 0 Å². The molecule has 2 rings (SSSR count). The van der Waals surface area contributed by atoms with E-state index >= 15 is 0 Å². The number of carboxylic acids is 1. The highest BCUT2D eigenvalue weighted by molar-refractivity contribution is 5.90. The summed E-state index contributed by atoms with van der Waals surface area (Å²) < 4.78 is 13.0. The zero-order valence-electron chi connectivity index (χ0n) is 9.95. The largest absolute Gasteiger partial charge is 0.477 e. The normalized spacial score (nSPS) is 27.3. The van der Waals surface area contributed by atoms with Gasteiger partial charge in [-0.15, -0.1) is 0 Å². The molecule has 0 aromatic heterocycles. The summed E-state index contributed by atoms with van der Waals surface area (Å²) in [5.74, 6) is -2.55. The molecule has 2 unspecified atom stereocenters. The lowest BCUT2D eigenvalue weighted by atomic mass is 10.0. The summed E-state index contributed by atoms with van der Waals surface area (Å²) in [6, 6.07) is -2.34. The van der Waals surface area contributed by atoms with E-state index in [0.717, 1.165) is 4.90 Å². The lowest BCUT2D eigenvalue weighted by Crippen LogP contribution is -2.48. The van der Waals surface area contributed by atoms with Crippen LogP contribution in [0.4, 0.5) is 9.18 Å². The number of rotatable bonds is 4. The molecule has 104 valence electrons. The van der Waals surface area contributed by atoms with Gasteiger partial charge in [-0.3, -0.25) is 4.79 Å². The fraction of sp³-hybridized carbons (Fsp3) is 0.500. The van der Waals surface area contributed by atoms with E-state index in [1.165, 1.54) is 6.08 Å². The van der Waals surface area contributed by atoms with Gasteiger partial charge < -0.3 is 15.7 Å². The zero-order chi connectivity index (χ0) is 14.3. The van der Waals surface area contributed by atoms with Crippen molar-refractivity contribution in [2.24, 2.45) is 5.73 Å². The van der Waals surface area contributed by atoms with Gasteiger partial charge in [-0.2, -0.15) is 5.06 Å². The van der Waals surface area contributed by atoms with Gasteiger partial charge in [0.15, 0.2) is 0 Å². The number of alkyl halides is 1. The lowest BCUT2D eigenvalue weighted by Gasteiger charge is -2.27. The highest BCUT2D eigenvalue weighted by Gasteiger charge is 2.48. The zero-order valence-corrected chi connectivity index (χ0v) is 9.95. The Balaban J connectivity index is 2.22. The van der Waals surface area contributed by atoms with E-state index in [1.807, 2.05) is 0 Å². The lowest BCUT2D eigenvalue weighted by molar-refractivity contribution is -0.219. The quantitative estimate of drug-likeness (QED) is 0.652. The molecule has 3 N–H and O–H groups in total. The van der Waals surface area contributed by atoms with Crippen LogP contribution in [0.3, 0.4) is 0 Å². The Hall–Kier alpha value is -2.16. The molecule has 3 atom stereocenters. The SMILES string of the molecule is CC1=C[C@@H]2CN(C(=O)N2OC(F)C(=O)O)C1C(N)=O. The monoisotopic (exact) mass is 273 g/mol. The average Bonchev–Trinajstić information content (AvgIpc) is 2.54. The number of nitrogens with zero attached hydrogens (tertiary/aromatic N) is 2. The van der Waals surface area contributed by atoms with E-state index in [-0.39, 0.29) is 6.54 Å². The predicted molar refractivity (Wildman–Crippen MR) is 58.1 cm³/mol. The molecule has 2 aliphatic heterocycles. The third-order valence-electron chi connectivity index (χ3n) is 2.99. The second kappa shape index (κ2) is 4.50. The van der Waals surface area contributed by atoms with Crippen molar-refractivity contribution >= 4 is 17.9 Å².